The van der Waals surface area contributed by atoms with Crippen LogP contribution in [0.1, 0.15) is 25.7 Å². The van der Waals surface area contributed by atoms with Gasteiger partial charge >= 0.3 is 0 Å². The lowest BCUT2D eigenvalue weighted by molar-refractivity contribution is -0.137. The maximum atomic E-state index is 11.7. The fraction of sp³-hybridized carbons (Fsp3) is 0.733. The van der Waals surface area contributed by atoms with Gasteiger partial charge in [-0.15, -0.1) is 0 Å². The summed E-state index contributed by atoms with van der Waals surface area (Å²) in [6.07, 6.45) is 9.90. The highest BCUT2D eigenvalue weighted by atomic mass is 16.2. The van der Waals surface area contributed by atoms with Gasteiger partial charge in [0.05, 0.1) is 6.04 Å². The van der Waals surface area contributed by atoms with E-state index in [1.54, 1.807) is 0 Å². The van der Waals surface area contributed by atoms with Gasteiger partial charge < -0.3 is 10.6 Å². The Morgan fingerprint density at radius 2 is 2.10 bits per heavy atom. The van der Waals surface area contributed by atoms with Gasteiger partial charge in [-0.3, -0.25) is 14.7 Å². The van der Waals surface area contributed by atoms with Gasteiger partial charge in [0.25, 0.3) is 0 Å². The van der Waals surface area contributed by atoms with Gasteiger partial charge in [-0.2, -0.15) is 0 Å². The first-order chi connectivity index (χ1) is 9.60. The number of hydrogen-bond acceptors (Lipinski definition) is 4. The molecule has 0 aromatic carbocycles. The van der Waals surface area contributed by atoms with Gasteiger partial charge in [0.15, 0.2) is 0 Å². The van der Waals surface area contributed by atoms with Crippen LogP contribution < -0.4 is 5.73 Å². The third kappa shape index (κ3) is 2.52. The highest BCUT2D eigenvalue weighted by Crippen LogP contribution is 2.40. The summed E-state index contributed by atoms with van der Waals surface area (Å²) < 4.78 is 0. The molecule has 1 spiro atoms. The summed E-state index contributed by atoms with van der Waals surface area (Å²) >= 11 is 0. The van der Waals surface area contributed by atoms with Crippen molar-refractivity contribution in [3.8, 4) is 0 Å². The van der Waals surface area contributed by atoms with Crippen LogP contribution in [0.15, 0.2) is 17.3 Å². The lowest BCUT2D eigenvalue weighted by Gasteiger charge is -2.48. The first-order valence-electron chi connectivity index (χ1n) is 7.53. The van der Waals surface area contributed by atoms with Gasteiger partial charge in [-0.1, -0.05) is 0 Å². The van der Waals surface area contributed by atoms with E-state index in [-0.39, 0.29) is 12.1 Å². The van der Waals surface area contributed by atoms with Crippen LogP contribution >= 0.6 is 0 Å². The van der Waals surface area contributed by atoms with E-state index < -0.39 is 0 Å². The van der Waals surface area contributed by atoms with Crippen molar-refractivity contribution in [3.63, 3.8) is 0 Å². The molecule has 2 atom stereocenters. The van der Waals surface area contributed by atoms with E-state index >= 15 is 0 Å². The fourth-order valence-corrected chi connectivity index (χ4v) is 3.81. The number of aliphatic imine (C=N–C) groups is 1. The number of carbonyl (C=O) groups is 1. The van der Waals surface area contributed by atoms with E-state index in [9.17, 15) is 4.79 Å². The number of carbonyl (C=O) groups excluding carboxylic acids is 1. The molecule has 0 radical (unpaired) electrons. The molecule has 0 aromatic rings. The summed E-state index contributed by atoms with van der Waals surface area (Å²) in [4.78, 5) is 20.1. The molecule has 0 aromatic heterocycles. The molecule has 0 bridgehead atoms. The summed E-state index contributed by atoms with van der Waals surface area (Å²) in [6, 6.07) is 0.289. The second-order valence-electron chi connectivity index (χ2n) is 6.49. The van der Waals surface area contributed by atoms with Gasteiger partial charge in [-0.25, -0.2) is 0 Å². The second-order valence-corrected chi connectivity index (χ2v) is 6.49. The van der Waals surface area contributed by atoms with Crippen molar-refractivity contribution in [1.82, 2.24) is 9.80 Å². The van der Waals surface area contributed by atoms with Crippen molar-refractivity contribution in [2.75, 3.05) is 26.7 Å². The van der Waals surface area contributed by atoms with Crippen LogP contribution in [-0.4, -0.2) is 60.7 Å². The molecular weight excluding hydrogens is 252 g/mol. The summed E-state index contributed by atoms with van der Waals surface area (Å²) in [7, 11) is 1.94. The molecule has 110 valence electrons. The molecule has 20 heavy (non-hydrogen) atoms. The van der Waals surface area contributed by atoms with Gasteiger partial charge in [-0.05, 0) is 43.8 Å². The molecule has 3 heterocycles. The van der Waals surface area contributed by atoms with Crippen LogP contribution in [-0.2, 0) is 4.79 Å². The summed E-state index contributed by atoms with van der Waals surface area (Å²) in [5.74, 6) is 0.298. The number of likely N-dealkylation sites (tertiary alicyclic amines) is 2. The Balaban J connectivity index is 1.61. The Kier molecular flexibility index (Phi) is 3.65. The third-order valence-electron chi connectivity index (χ3n) is 5.17. The number of nitrogens with zero attached hydrogens (tertiary/aromatic N) is 3. The quantitative estimate of drug-likeness (QED) is 0.763. The van der Waals surface area contributed by atoms with Crippen molar-refractivity contribution in [2.24, 2.45) is 16.1 Å². The zero-order valence-electron chi connectivity index (χ0n) is 12.2. The van der Waals surface area contributed by atoms with Crippen molar-refractivity contribution in [3.05, 3.63) is 12.3 Å². The number of rotatable bonds is 1. The lowest BCUT2D eigenvalue weighted by atomic mass is 9.72. The Morgan fingerprint density at radius 1 is 1.35 bits per heavy atom. The van der Waals surface area contributed by atoms with Gasteiger partial charge in [0.2, 0.25) is 5.91 Å². The van der Waals surface area contributed by atoms with Gasteiger partial charge in [0, 0.05) is 38.5 Å². The largest absolute Gasteiger partial charge is 0.345 e. The molecule has 2 fully saturated rings. The Morgan fingerprint density at radius 3 is 2.75 bits per heavy atom. The van der Waals surface area contributed by atoms with Crippen LogP contribution in [0.3, 0.4) is 0 Å². The molecule has 0 saturated carbocycles. The standard InChI is InChI=1S/C15H24N4O/c1-18-11-15(4-2-14(18)20)5-8-19(9-6-15)13-3-7-17-10-12(13)16/h3,7,10,12-13H,2,4-6,8-9,11,16H2,1H3. The van der Waals surface area contributed by atoms with E-state index in [0.717, 1.165) is 26.1 Å². The lowest BCUT2D eigenvalue weighted by Crippen LogP contribution is -2.55. The van der Waals surface area contributed by atoms with Crippen molar-refractivity contribution in [2.45, 2.75) is 37.8 Å². The molecule has 0 aliphatic carbocycles. The van der Waals surface area contributed by atoms with Gasteiger partial charge in [0.1, 0.15) is 0 Å². The molecule has 5 heteroatoms. The first kappa shape index (κ1) is 13.8. The summed E-state index contributed by atoms with van der Waals surface area (Å²) in [5.41, 5.74) is 6.47. The topological polar surface area (TPSA) is 61.9 Å². The van der Waals surface area contributed by atoms with E-state index in [1.165, 1.54) is 12.8 Å². The number of piperidine rings is 2. The highest BCUT2D eigenvalue weighted by Gasteiger charge is 2.41. The number of amides is 1. The minimum Gasteiger partial charge on any atom is -0.345 e. The predicted molar refractivity (Wildman–Crippen MR) is 79.5 cm³/mol. The van der Waals surface area contributed by atoms with Crippen LogP contribution in [0.2, 0.25) is 0 Å². The van der Waals surface area contributed by atoms with Crippen molar-refractivity contribution >= 4 is 12.1 Å². The Bertz CT molecular complexity index is 437. The average molecular weight is 276 g/mol. The van der Waals surface area contributed by atoms with Crippen molar-refractivity contribution in [1.29, 1.82) is 0 Å². The minimum atomic E-state index is 0.00431. The van der Waals surface area contributed by atoms with E-state index in [0.29, 0.717) is 17.7 Å². The predicted octanol–water partition coefficient (Wildman–Crippen LogP) is 0.615. The first-order valence-corrected chi connectivity index (χ1v) is 7.53. The maximum Gasteiger partial charge on any atom is 0.222 e. The molecule has 2 unspecified atom stereocenters. The summed E-state index contributed by atoms with van der Waals surface area (Å²) in [5, 5.41) is 0. The number of nitrogens with two attached hydrogens (primary N) is 1. The molecule has 2 saturated heterocycles. The van der Waals surface area contributed by atoms with E-state index in [1.807, 2.05) is 24.4 Å². The second kappa shape index (κ2) is 5.30. The molecular formula is C15H24N4O. The molecule has 3 aliphatic heterocycles. The Hall–Kier alpha value is -1.20. The fourth-order valence-electron chi connectivity index (χ4n) is 3.81. The van der Waals surface area contributed by atoms with Crippen LogP contribution in [0.4, 0.5) is 0 Å². The zero-order chi connectivity index (χ0) is 14.2. The zero-order valence-corrected chi connectivity index (χ0v) is 12.2. The molecule has 3 rings (SSSR count). The molecule has 5 nitrogen and oxygen atoms in total. The van der Waals surface area contributed by atoms with Crippen LogP contribution in [0.25, 0.3) is 0 Å². The average Bonchev–Trinajstić information content (AvgIpc) is 2.45. The molecule has 1 amide bonds. The van der Waals surface area contributed by atoms with Crippen LogP contribution in [0, 0.1) is 5.41 Å². The van der Waals surface area contributed by atoms with E-state index in [2.05, 4.69) is 16.0 Å². The highest BCUT2D eigenvalue weighted by molar-refractivity contribution is 5.76. The maximum absolute atomic E-state index is 11.7. The minimum absolute atomic E-state index is 0.00431. The third-order valence-corrected chi connectivity index (χ3v) is 5.17. The monoisotopic (exact) mass is 276 g/mol. The normalized spacial score (nSPS) is 33.9. The van der Waals surface area contributed by atoms with E-state index in [4.69, 9.17) is 5.73 Å². The molecule has 3 aliphatic rings. The summed E-state index contributed by atoms with van der Waals surface area (Å²) in [6.45, 7) is 3.06. The van der Waals surface area contributed by atoms with Crippen LogP contribution in [0.5, 0.6) is 0 Å². The number of hydrogen-bond donors (Lipinski definition) is 1. The molecule has 2 N–H and O–H groups in total. The smallest absolute Gasteiger partial charge is 0.222 e. The van der Waals surface area contributed by atoms with Crippen molar-refractivity contribution < 1.29 is 4.79 Å². The SMILES string of the molecule is CN1CC2(CCC1=O)CCN(C1C=CN=CC1N)CC2. The Labute approximate surface area is 120 Å².